The normalized spacial score (nSPS) is 21.5. The quantitative estimate of drug-likeness (QED) is 0.791. The number of halogens is 1. The van der Waals surface area contributed by atoms with Gasteiger partial charge in [0.2, 0.25) is 5.91 Å². The molecule has 140 valence electrons. The maximum Gasteiger partial charge on any atom is 0.235 e. The van der Waals surface area contributed by atoms with Crippen molar-refractivity contribution in [2.24, 2.45) is 0 Å². The molecule has 1 aliphatic carbocycles. The fourth-order valence-electron chi connectivity index (χ4n) is 4.80. The molecule has 1 N–H and O–H groups in total. The van der Waals surface area contributed by atoms with Crippen LogP contribution in [-0.2, 0) is 9.59 Å². The van der Waals surface area contributed by atoms with E-state index in [0.717, 1.165) is 59.9 Å². The largest absolute Gasteiger partial charge is 0.343 e. The molecule has 3 nitrogen and oxygen atoms in total. The smallest absolute Gasteiger partial charge is 0.235 e. The molecule has 4 heteroatoms. The number of aryl methyl sites for hydroxylation is 1. The number of hydrogen-bond acceptors (Lipinski definition) is 2. The predicted octanol–water partition coefficient (Wildman–Crippen LogP) is 4.59. The summed E-state index contributed by atoms with van der Waals surface area (Å²) in [6.45, 7) is 3.90. The van der Waals surface area contributed by atoms with Gasteiger partial charge in [-0.05, 0) is 66.6 Å². The first-order chi connectivity index (χ1) is 12.9. The zero-order chi connectivity index (χ0) is 19.2. The molecule has 1 aliphatic heterocycles. The molecule has 2 aromatic carbocycles. The van der Waals surface area contributed by atoms with Crippen molar-refractivity contribution in [2.75, 3.05) is 0 Å². The van der Waals surface area contributed by atoms with Gasteiger partial charge in [-0.25, -0.2) is 4.39 Å². The van der Waals surface area contributed by atoms with E-state index in [1.165, 1.54) is 12.1 Å². The van der Waals surface area contributed by atoms with E-state index in [1.807, 2.05) is 26.0 Å². The van der Waals surface area contributed by atoms with Crippen LogP contribution >= 0.6 is 0 Å². The van der Waals surface area contributed by atoms with E-state index < -0.39 is 11.5 Å². The lowest BCUT2D eigenvalue weighted by molar-refractivity contribution is -0.125. The van der Waals surface area contributed by atoms with Gasteiger partial charge in [-0.1, -0.05) is 43.5 Å². The van der Waals surface area contributed by atoms with Gasteiger partial charge in [-0.3, -0.25) is 9.59 Å². The highest BCUT2D eigenvalue weighted by atomic mass is 19.1. The number of Topliss-reactive ketones (excluding diaryl/α,β-unsaturated/α-hetero) is 1. The van der Waals surface area contributed by atoms with E-state index in [1.54, 1.807) is 12.1 Å². The molecule has 0 bridgehead atoms. The summed E-state index contributed by atoms with van der Waals surface area (Å²) in [6.07, 6.45) is 4.56. The van der Waals surface area contributed by atoms with E-state index in [0.29, 0.717) is 0 Å². The average Bonchev–Trinajstić information content (AvgIpc) is 2.88. The zero-order valence-corrected chi connectivity index (χ0v) is 15.8. The highest BCUT2D eigenvalue weighted by Crippen LogP contribution is 2.42. The Labute approximate surface area is 159 Å². The molecule has 1 atom stereocenters. The van der Waals surface area contributed by atoms with Gasteiger partial charge in [0.25, 0.3) is 0 Å². The zero-order valence-electron chi connectivity index (χ0n) is 15.8. The predicted molar refractivity (Wildman–Crippen MR) is 103 cm³/mol. The standard InChI is InChI=1S/C23H24FNO2/c1-14-6-11-18(16-7-9-17(24)10-8-16)15(2)19(14)20-21(26)23(25-22(20)27)12-4-3-5-13-23/h6-11,20H,3-5,12-13H2,1-2H3,(H,25,27). The molecule has 27 heavy (non-hydrogen) atoms. The van der Waals surface area contributed by atoms with Crippen molar-refractivity contribution in [2.45, 2.75) is 57.4 Å². The molecule has 2 aliphatic rings. The molecular formula is C23H24FNO2. The summed E-state index contributed by atoms with van der Waals surface area (Å²) in [5.74, 6) is -1.18. The van der Waals surface area contributed by atoms with Crippen LogP contribution in [0, 0.1) is 19.7 Å². The fourth-order valence-corrected chi connectivity index (χ4v) is 4.80. The van der Waals surface area contributed by atoms with Gasteiger partial charge in [-0.15, -0.1) is 0 Å². The lowest BCUT2D eigenvalue weighted by Gasteiger charge is -2.31. The third-order valence-corrected chi connectivity index (χ3v) is 6.24. The Morgan fingerprint density at radius 1 is 0.963 bits per heavy atom. The number of amides is 1. The monoisotopic (exact) mass is 365 g/mol. The fraction of sp³-hybridized carbons (Fsp3) is 0.391. The first-order valence-electron chi connectivity index (χ1n) is 9.65. The topological polar surface area (TPSA) is 46.2 Å². The van der Waals surface area contributed by atoms with Gasteiger partial charge in [0.1, 0.15) is 11.7 Å². The van der Waals surface area contributed by atoms with E-state index >= 15 is 0 Å². The summed E-state index contributed by atoms with van der Waals surface area (Å²) >= 11 is 0. The highest BCUT2D eigenvalue weighted by molar-refractivity contribution is 6.17. The summed E-state index contributed by atoms with van der Waals surface area (Å²) in [5, 5.41) is 3.05. The van der Waals surface area contributed by atoms with Gasteiger partial charge >= 0.3 is 0 Å². The molecule has 4 rings (SSSR count). The molecule has 1 amide bonds. The van der Waals surface area contributed by atoms with Crippen molar-refractivity contribution in [1.82, 2.24) is 5.32 Å². The van der Waals surface area contributed by atoms with Crippen LogP contribution in [0.5, 0.6) is 0 Å². The lowest BCUT2D eigenvalue weighted by atomic mass is 9.75. The van der Waals surface area contributed by atoms with Gasteiger partial charge in [0.05, 0.1) is 5.54 Å². The molecule has 1 saturated heterocycles. The van der Waals surface area contributed by atoms with Crippen LogP contribution in [0.15, 0.2) is 36.4 Å². The number of rotatable bonds is 2. The third kappa shape index (κ3) is 2.88. The van der Waals surface area contributed by atoms with Crippen LogP contribution in [0.1, 0.15) is 54.7 Å². The Hall–Kier alpha value is -2.49. The number of carbonyl (C=O) groups is 2. The SMILES string of the molecule is Cc1ccc(-c2ccc(F)cc2)c(C)c1C1C(=O)NC2(CCCCC2)C1=O. The van der Waals surface area contributed by atoms with Crippen molar-refractivity contribution in [1.29, 1.82) is 0 Å². The Morgan fingerprint density at radius 3 is 2.30 bits per heavy atom. The van der Waals surface area contributed by atoms with E-state index in [9.17, 15) is 14.0 Å². The van der Waals surface area contributed by atoms with Crippen LogP contribution in [-0.4, -0.2) is 17.2 Å². The summed E-state index contributed by atoms with van der Waals surface area (Å²) in [5.41, 5.74) is 3.81. The molecule has 2 aromatic rings. The maximum atomic E-state index is 13.4. The van der Waals surface area contributed by atoms with Crippen LogP contribution in [0.2, 0.25) is 0 Å². The number of hydrogen-bond donors (Lipinski definition) is 1. The molecule has 0 aromatic heterocycles. The van der Waals surface area contributed by atoms with Crippen LogP contribution < -0.4 is 5.32 Å². The van der Waals surface area contributed by atoms with Crippen LogP contribution in [0.3, 0.4) is 0 Å². The van der Waals surface area contributed by atoms with Crippen molar-refractivity contribution < 1.29 is 14.0 Å². The average molecular weight is 365 g/mol. The molecule has 0 radical (unpaired) electrons. The number of nitrogens with one attached hydrogen (secondary N) is 1. The Morgan fingerprint density at radius 2 is 1.63 bits per heavy atom. The molecule has 1 saturated carbocycles. The van der Waals surface area contributed by atoms with Crippen molar-refractivity contribution in [3.63, 3.8) is 0 Å². The Bertz CT molecular complexity index is 911. The van der Waals surface area contributed by atoms with E-state index in [2.05, 4.69) is 5.32 Å². The summed E-state index contributed by atoms with van der Waals surface area (Å²) in [7, 11) is 0. The van der Waals surface area contributed by atoms with Gasteiger partial charge in [0.15, 0.2) is 5.78 Å². The summed E-state index contributed by atoms with van der Waals surface area (Å²) in [4.78, 5) is 26.2. The van der Waals surface area contributed by atoms with Gasteiger partial charge < -0.3 is 5.32 Å². The maximum absolute atomic E-state index is 13.4. The van der Waals surface area contributed by atoms with Crippen molar-refractivity contribution in [3.8, 4) is 11.1 Å². The molecule has 1 unspecified atom stereocenters. The summed E-state index contributed by atoms with van der Waals surface area (Å²) < 4.78 is 13.3. The Balaban J connectivity index is 1.79. The van der Waals surface area contributed by atoms with Crippen LogP contribution in [0.25, 0.3) is 11.1 Å². The molecular weight excluding hydrogens is 341 g/mol. The van der Waals surface area contributed by atoms with E-state index in [4.69, 9.17) is 0 Å². The minimum atomic E-state index is -0.747. The second-order valence-corrected chi connectivity index (χ2v) is 7.90. The first kappa shape index (κ1) is 17.9. The van der Waals surface area contributed by atoms with Gasteiger partial charge in [-0.2, -0.15) is 0 Å². The highest BCUT2D eigenvalue weighted by Gasteiger charge is 2.53. The van der Waals surface area contributed by atoms with Crippen molar-refractivity contribution >= 4 is 11.7 Å². The minimum absolute atomic E-state index is 0.0228. The van der Waals surface area contributed by atoms with Crippen molar-refractivity contribution in [3.05, 3.63) is 58.9 Å². The molecule has 1 spiro atoms. The van der Waals surface area contributed by atoms with Crippen LogP contribution in [0.4, 0.5) is 4.39 Å². The van der Waals surface area contributed by atoms with Gasteiger partial charge in [0, 0.05) is 0 Å². The molecule has 2 fully saturated rings. The second-order valence-electron chi connectivity index (χ2n) is 7.90. The summed E-state index contributed by atoms with van der Waals surface area (Å²) in [6, 6.07) is 10.3. The second kappa shape index (κ2) is 6.59. The van der Waals surface area contributed by atoms with E-state index in [-0.39, 0.29) is 17.5 Å². The number of ketones is 1. The minimum Gasteiger partial charge on any atom is -0.343 e. The molecule has 1 heterocycles. The Kier molecular flexibility index (Phi) is 4.37. The number of carbonyl (C=O) groups excluding carboxylic acids is 2. The first-order valence-corrected chi connectivity index (χ1v) is 9.65. The number of benzene rings is 2. The lowest BCUT2D eigenvalue weighted by Crippen LogP contribution is -2.47. The third-order valence-electron chi connectivity index (χ3n) is 6.24.